The molecule has 0 aliphatic rings. The summed E-state index contributed by atoms with van der Waals surface area (Å²) in [6.45, 7) is 2.74. The Hall–Kier alpha value is -2.72. The maximum atomic E-state index is 12.7. The first kappa shape index (κ1) is 17.6. The van der Waals surface area contributed by atoms with Crippen molar-refractivity contribution in [2.24, 2.45) is 4.99 Å². The van der Waals surface area contributed by atoms with Gasteiger partial charge in [-0.3, -0.25) is 14.6 Å². The topological polar surface area (TPSA) is 66.7 Å². The Morgan fingerprint density at radius 2 is 1.75 bits per heavy atom. The summed E-state index contributed by atoms with van der Waals surface area (Å²) in [5, 5.41) is 9.95. The molecule has 24 heavy (non-hydrogen) atoms. The van der Waals surface area contributed by atoms with Gasteiger partial charge in [0, 0.05) is 22.4 Å². The lowest BCUT2D eigenvalue weighted by atomic mass is 10.0. The van der Waals surface area contributed by atoms with E-state index in [0.717, 1.165) is 0 Å². The molecule has 0 saturated heterocycles. The first-order chi connectivity index (χ1) is 11.4. The fourth-order valence-corrected chi connectivity index (χ4v) is 2.29. The number of nitrogens with zero attached hydrogens (tertiary/aromatic N) is 1. The predicted molar refractivity (Wildman–Crippen MR) is 95.5 cm³/mol. The standard InChI is InChI=1S/C19H16ClNO3/c1-12(22)17(13(2)23)11-21-18-9-8-15(20)10-16(18)19(24)14-6-4-3-5-7-14/h3-11,22H,1-2H3/b17-12+,21-11?. The SMILES string of the molecule is CC(=O)/C(C=Nc1ccc(Cl)cc1C(=O)c1ccccc1)=C(\C)O. The number of benzene rings is 2. The fourth-order valence-electron chi connectivity index (χ4n) is 2.12. The van der Waals surface area contributed by atoms with E-state index in [4.69, 9.17) is 11.6 Å². The van der Waals surface area contributed by atoms with Crippen molar-refractivity contribution in [3.05, 3.63) is 76.0 Å². The second-order valence-electron chi connectivity index (χ2n) is 5.17. The number of aliphatic imine (C=N–C) groups is 1. The summed E-state index contributed by atoms with van der Waals surface area (Å²) in [6.07, 6.45) is 1.25. The fraction of sp³-hybridized carbons (Fsp3) is 0.105. The summed E-state index contributed by atoms with van der Waals surface area (Å²) in [5.74, 6) is -0.667. The van der Waals surface area contributed by atoms with Crippen molar-refractivity contribution in [3.8, 4) is 0 Å². The molecule has 2 aromatic carbocycles. The largest absolute Gasteiger partial charge is 0.512 e. The summed E-state index contributed by atoms with van der Waals surface area (Å²) in [5.41, 5.74) is 1.29. The van der Waals surface area contributed by atoms with E-state index in [1.54, 1.807) is 36.4 Å². The molecule has 1 N–H and O–H groups in total. The van der Waals surface area contributed by atoms with Gasteiger partial charge in [0.05, 0.1) is 11.3 Å². The van der Waals surface area contributed by atoms with Gasteiger partial charge in [-0.25, -0.2) is 0 Å². The molecule has 5 heteroatoms. The molecule has 0 saturated carbocycles. The summed E-state index contributed by atoms with van der Waals surface area (Å²) >= 11 is 6.00. The van der Waals surface area contributed by atoms with Crippen LogP contribution in [0.15, 0.2) is 64.9 Å². The normalized spacial score (nSPS) is 12.1. The van der Waals surface area contributed by atoms with Crippen molar-refractivity contribution in [3.63, 3.8) is 0 Å². The van der Waals surface area contributed by atoms with Gasteiger partial charge >= 0.3 is 0 Å². The van der Waals surface area contributed by atoms with Crippen LogP contribution in [-0.4, -0.2) is 22.9 Å². The van der Waals surface area contributed by atoms with E-state index in [-0.39, 0.29) is 22.9 Å². The highest BCUT2D eigenvalue weighted by molar-refractivity contribution is 6.31. The minimum Gasteiger partial charge on any atom is -0.512 e. The Morgan fingerprint density at radius 1 is 1.08 bits per heavy atom. The lowest BCUT2D eigenvalue weighted by Gasteiger charge is -2.06. The van der Waals surface area contributed by atoms with Gasteiger partial charge in [0.1, 0.15) is 5.76 Å². The molecule has 0 aromatic heterocycles. The minimum atomic E-state index is -0.316. The van der Waals surface area contributed by atoms with Crippen LogP contribution in [0.25, 0.3) is 0 Å². The van der Waals surface area contributed by atoms with Crippen LogP contribution in [0.1, 0.15) is 29.8 Å². The van der Waals surface area contributed by atoms with Gasteiger partial charge in [0.2, 0.25) is 0 Å². The van der Waals surface area contributed by atoms with Gasteiger partial charge < -0.3 is 5.11 Å². The molecule has 0 bridgehead atoms. The van der Waals surface area contributed by atoms with Gasteiger partial charge in [0.25, 0.3) is 0 Å². The monoisotopic (exact) mass is 341 g/mol. The molecule has 0 amide bonds. The highest BCUT2D eigenvalue weighted by Crippen LogP contribution is 2.26. The van der Waals surface area contributed by atoms with Crippen molar-refractivity contribution in [2.45, 2.75) is 13.8 Å². The Kier molecular flexibility index (Phi) is 5.66. The van der Waals surface area contributed by atoms with Crippen LogP contribution in [0.2, 0.25) is 5.02 Å². The lowest BCUT2D eigenvalue weighted by Crippen LogP contribution is -2.03. The zero-order valence-electron chi connectivity index (χ0n) is 13.3. The number of aliphatic hydroxyl groups excluding tert-OH is 1. The highest BCUT2D eigenvalue weighted by Gasteiger charge is 2.14. The van der Waals surface area contributed by atoms with E-state index in [1.165, 1.54) is 26.1 Å². The van der Waals surface area contributed by atoms with Crippen molar-refractivity contribution < 1.29 is 14.7 Å². The van der Waals surface area contributed by atoms with Crippen LogP contribution >= 0.6 is 11.6 Å². The van der Waals surface area contributed by atoms with Crippen LogP contribution < -0.4 is 0 Å². The Bertz CT molecular complexity index is 835. The molecule has 0 aliphatic heterocycles. The van der Waals surface area contributed by atoms with Crippen LogP contribution in [0.4, 0.5) is 5.69 Å². The van der Waals surface area contributed by atoms with E-state index < -0.39 is 0 Å². The Labute approximate surface area is 145 Å². The van der Waals surface area contributed by atoms with E-state index in [2.05, 4.69) is 4.99 Å². The summed E-state index contributed by atoms with van der Waals surface area (Å²) in [4.78, 5) is 28.4. The van der Waals surface area contributed by atoms with Crippen LogP contribution in [0, 0.1) is 0 Å². The van der Waals surface area contributed by atoms with E-state index in [9.17, 15) is 14.7 Å². The first-order valence-electron chi connectivity index (χ1n) is 7.24. The molecule has 2 aromatic rings. The molecular formula is C19H16ClNO3. The molecule has 0 unspecified atom stereocenters. The number of Topliss-reactive ketones (excluding diaryl/α,β-unsaturated/α-hetero) is 1. The summed E-state index contributed by atoms with van der Waals surface area (Å²) < 4.78 is 0. The average Bonchev–Trinajstić information content (AvgIpc) is 2.55. The molecule has 0 aliphatic carbocycles. The molecule has 2 rings (SSSR count). The molecule has 4 nitrogen and oxygen atoms in total. The van der Waals surface area contributed by atoms with Crippen LogP contribution in [0.5, 0.6) is 0 Å². The average molecular weight is 342 g/mol. The second-order valence-corrected chi connectivity index (χ2v) is 5.61. The lowest BCUT2D eigenvalue weighted by molar-refractivity contribution is -0.113. The third kappa shape index (κ3) is 4.18. The summed E-state index contributed by atoms with van der Waals surface area (Å²) in [6, 6.07) is 13.5. The van der Waals surface area contributed by atoms with Gasteiger partial charge in [-0.1, -0.05) is 41.9 Å². The smallest absolute Gasteiger partial charge is 0.195 e. The molecule has 0 heterocycles. The van der Waals surface area contributed by atoms with Gasteiger partial charge in [-0.05, 0) is 32.0 Å². The van der Waals surface area contributed by atoms with Gasteiger partial charge in [-0.2, -0.15) is 0 Å². The van der Waals surface area contributed by atoms with E-state index in [0.29, 0.717) is 21.8 Å². The number of carbonyl (C=O) groups excluding carboxylic acids is 2. The molecular weight excluding hydrogens is 326 g/mol. The number of rotatable bonds is 5. The third-order valence-corrected chi connectivity index (χ3v) is 3.58. The predicted octanol–water partition coefficient (Wildman–Crippen LogP) is 4.69. The number of carbonyl (C=O) groups is 2. The molecule has 0 atom stereocenters. The van der Waals surface area contributed by atoms with E-state index in [1.807, 2.05) is 6.07 Å². The second kappa shape index (κ2) is 7.70. The van der Waals surface area contributed by atoms with Crippen LogP contribution in [-0.2, 0) is 4.79 Å². The van der Waals surface area contributed by atoms with Crippen molar-refractivity contribution in [1.29, 1.82) is 0 Å². The number of aliphatic hydroxyl groups is 1. The number of allylic oxidation sites excluding steroid dienone is 2. The van der Waals surface area contributed by atoms with Crippen molar-refractivity contribution in [2.75, 3.05) is 0 Å². The minimum absolute atomic E-state index is 0.0862. The highest BCUT2D eigenvalue weighted by atomic mass is 35.5. The van der Waals surface area contributed by atoms with Crippen molar-refractivity contribution in [1.82, 2.24) is 0 Å². The van der Waals surface area contributed by atoms with E-state index >= 15 is 0 Å². The molecule has 0 spiro atoms. The summed E-state index contributed by atoms with van der Waals surface area (Å²) in [7, 11) is 0. The number of ketones is 2. The van der Waals surface area contributed by atoms with Gasteiger partial charge in [-0.15, -0.1) is 0 Å². The Morgan fingerprint density at radius 3 is 2.33 bits per heavy atom. The van der Waals surface area contributed by atoms with Crippen molar-refractivity contribution >= 4 is 35.1 Å². The quantitative estimate of drug-likeness (QED) is 0.371. The number of halogens is 1. The zero-order valence-corrected chi connectivity index (χ0v) is 14.0. The third-order valence-electron chi connectivity index (χ3n) is 3.34. The zero-order chi connectivity index (χ0) is 17.7. The molecule has 0 fully saturated rings. The molecule has 122 valence electrons. The number of hydrogen-bond acceptors (Lipinski definition) is 4. The first-order valence-corrected chi connectivity index (χ1v) is 7.62. The van der Waals surface area contributed by atoms with Gasteiger partial charge in [0.15, 0.2) is 11.6 Å². The molecule has 0 radical (unpaired) electrons. The number of hydrogen-bond donors (Lipinski definition) is 1. The van der Waals surface area contributed by atoms with Crippen LogP contribution in [0.3, 0.4) is 0 Å². The Balaban J connectivity index is 2.48. The maximum Gasteiger partial charge on any atom is 0.195 e. The maximum absolute atomic E-state index is 12.7.